The van der Waals surface area contributed by atoms with E-state index in [1.807, 2.05) is 18.2 Å². The molecule has 324 valence electrons. The Kier molecular flexibility index (Phi) is 12.8. The highest BCUT2D eigenvalue weighted by Gasteiger charge is 2.54. The normalized spacial score (nSPS) is 21.4. The van der Waals surface area contributed by atoms with Gasteiger partial charge in [0, 0.05) is 50.5 Å². The number of ketones is 1. The molecular weight excluding hydrogens is 812 g/mol. The Morgan fingerprint density at radius 1 is 0.950 bits per heavy atom. The number of esters is 2. The van der Waals surface area contributed by atoms with Gasteiger partial charge in [-0.15, -0.1) is 0 Å². The summed E-state index contributed by atoms with van der Waals surface area (Å²) < 4.78 is 107. The molecule has 6 rings (SSSR count). The first-order chi connectivity index (χ1) is 28.2. The molecule has 0 radical (unpaired) electrons. The molecule has 3 aromatic rings. The SMILES string of the molecule is CCN1C[C@@H]2O[C@@H](C(=O)O[C@]3(C(C)=O)CCc4c(c(OC(C)=O)c5cc6ccccc6cc5c4COCCN(CCCNC(=O)C(F)(F)F)C(=O)C(F)(F)F)C3)[C@@H](O2)C1=O. The topological polar surface area (TPSA) is 167 Å². The molecule has 3 amide bonds. The van der Waals surface area contributed by atoms with Crippen molar-refractivity contribution in [3.63, 3.8) is 0 Å². The maximum Gasteiger partial charge on any atom is 0.471 e. The van der Waals surface area contributed by atoms with Crippen molar-refractivity contribution in [1.29, 1.82) is 0 Å². The van der Waals surface area contributed by atoms with Gasteiger partial charge in [-0.2, -0.15) is 26.3 Å². The second-order valence-electron chi connectivity index (χ2n) is 14.6. The highest BCUT2D eigenvalue weighted by Crippen LogP contribution is 2.46. The van der Waals surface area contributed by atoms with E-state index < -0.39 is 105 Å². The number of benzene rings is 3. The summed E-state index contributed by atoms with van der Waals surface area (Å²) in [4.78, 5) is 78.2. The zero-order valence-electron chi connectivity index (χ0n) is 32.6. The smallest absolute Gasteiger partial charge is 0.449 e. The Labute approximate surface area is 338 Å². The molecule has 2 bridgehead atoms. The fourth-order valence-corrected chi connectivity index (χ4v) is 7.75. The van der Waals surface area contributed by atoms with Crippen LogP contribution in [0.2, 0.25) is 0 Å². The molecule has 0 saturated carbocycles. The van der Waals surface area contributed by atoms with Crippen molar-refractivity contribution in [2.24, 2.45) is 0 Å². The summed E-state index contributed by atoms with van der Waals surface area (Å²) in [5, 5.41) is 3.97. The van der Waals surface area contributed by atoms with Crippen molar-refractivity contribution in [3.05, 3.63) is 53.1 Å². The van der Waals surface area contributed by atoms with Gasteiger partial charge in [0.15, 0.2) is 29.9 Å². The lowest BCUT2D eigenvalue weighted by atomic mass is 9.74. The monoisotopic (exact) mass is 853 g/mol. The average molecular weight is 854 g/mol. The molecule has 1 N–H and O–H groups in total. The summed E-state index contributed by atoms with van der Waals surface area (Å²) in [6, 6.07) is 10.8. The number of nitrogens with one attached hydrogen (secondary N) is 1. The van der Waals surface area contributed by atoms with Crippen molar-refractivity contribution in [3.8, 4) is 5.75 Å². The van der Waals surface area contributed by atoms with Gasteiger partial charge < -0.3 is 38.8 Å². The fraction of sp³-hybridized carbons (Fsp3) is 0.500. The number of morpholine rings is 1. The maximum atomic E-state index is 13.8. The third-order valence-electron chi connectivity index (χ3n) is 10.7. The summed E-state index contributed by atoms with van der Waals surface area (Å²) in [7, 11) is 0. The molecule has 3 aromatic carbocycles. The molecular formula is C40H41F6N3O11. The van der Waals surface area contributed by atoms with Crippen LogP contribution in [0.15, 0.2) is 36.4 Å². The molecule has 0 spiro atoms. The number of rotatable bonds is 14. The molecule has 14 nitrogen and oxygen atoms in total. The van der Waals surface area contributed by atoms with E-state index in [1.54, 1.807) is 30.4 Å². The first-order valence-corrected chi connectivity index (χ1v) is 19.0. The lowest BCUT2D eigenvalue weighted by Gasteiger charge is -2.38. The minimum Gasteiger partial charge on any atom is -0.449 e. The third kappa shape index (κ3) is 9.19. The number of carbonyl (C=O) groups is 6. The van der Waals surface area contributed by atoms with Crippen molar-refractivity contribution in [2.75, 3.05) is 39.3 Å². The van der Waals surface area contributed by atoms with E-state index in [4.69, 9.17) is 23.7 Å². The van der Waals surface area contributed by atoms with E-state index >= 15 is 0 Å². The fourth-order valence-electron chi connectivity index (χ4n) is 7.75. The number of nitrogens with zero attached hydrogens (tertiary/aromatic N) is 2. The molecule has 20 heteroatoms. The van der Waals surface area contributed by atoms with Crippen LogP contribution < -0.4 is 10.1 Å². The Morgan fingerprint density at radius 2 is 1.63 bits per heavy atom. The van der Waals surface area contributed by atoms with Crippen LogP contribution in [-0.4, -0.2) is 121 Å². The molecule has 60 heavy (non-hydrogen) atoms. The highest BCUT2D eigenvalue weighted by atomic mass is 19.4. The van der Waals surface area contributed by atoms with Crippen LogP contribution in [0.4, 0.5) is 26.3 Å². The van der Waals surface area contributed by atoms with Crippen LogP contribution >= 0.6 is 0 Å². The third-order valence-corrected chi connectivity index (χ3v) is 10.7. The molecule has 2 aliphatic heterocycles. The lowest BCUT2D eigenvalue weighted by Crippen LogP contribution is -2.53. The number of hydrogen-bond donors (Lipinski definition) is 1. The van der Waals surface area contributed by atoms with E-state index in [9.17, 15) is 55.1 Å². The zero-order chi connectivity index (χ0) is 43.7. The second-order valence-corrected chi connectivity index (χ2v) is 14.6. The summed E-state index contributed by atoms with van der Waals surface area (Å²) in [5.41, 5.74) is -0.477. The van der Waals surface area contributed by atoms with Gasteiger partial charge in [-0.05, 0) is 72.5 Å². The lowest BCUT2D eigenvalue weighted by molar-refractivity contribution is -0.186. The van der Waals surface area contributed by atoms with Gasteiger partial charge in [-0.3, -0.25) is 24.0 Å². The van der Waals surface area contributed by atoms with Gasteiger partial charge in [0.2, 0.25) is 0 Å². The summed E-state index contributed by atoms with van der Waals surface area (Å²) >= 11 is 0. The molecule has 2 heterocycles. The molecule has 2 saturated heterocycles. The number of carbonyl (C=O) groups excluding carboxylic acids is 6. The zero-order valence-corrected chi connectivity index (χ0v) is 32.6. The Morgan fingerprint density at radius 3 is 2.25 bits per heavy atom. The van der Waals surface area contributed by atoms with E-state index in [0.717, 1.165) is 10.8 Å². The maximum absolute atomic E-state index is 13.8. The standard InChI is InChI=1S/C40H41F6N3O11/c1-4-48-19-30-58-32(34(48)52)33(59-30)35(53)60-38(21(2)50)11-10-25-28(18-38)31(57-22(3)51)27-17-24-9-6-5-8-23(24)16-26(27)29(25)20-56-15-14-49(37(55)40(44,45)46)13-7-12-47-36(54)39(41,42)43/h5-6,8-9,16-17,30,32-33H,4,7,10-15,18-20H2,1-3H3,(H,47,54)/t30-,32+,33+,38+/m0/s1. The minimum atomic E-state index is -5.31. The van der Waals surface area contributed by atoms with E-state index in [2.05, 4.69) is 0 Å². The van der Waals surface area contributed by atoms with Crippen LogP contribution in [0.1, 0.15) is 50.3 Å². The Hall–Kier alpha value is -5.34. The van der Waals surface area contributed by atoms with E-state index in [0.29, 0.717) is 38.9 Å². The number of fused-ring (bicyclic) bond motifs is 5. The van der Waals surface area contributed by atoms with Crippen molar-refractivity contribution >= 4 is 57.0 Å². The van der Waals surface area contributed by atoms with Gasteiger partial charge in [-0.25, -0.2) is 4.79 Å². The van der Waals surface area contributed by atoms with Gasteiger partial charge in [-0.1, -0.05) is 24.3 Å². The largest absolute Gasteiger partial charge is 0.471 e. The van der Waals surface area contributed by atoms with Crippen LogP contribution in [0.25, 0.3) is 21.5 Å². The summed E-state index contributed by atoms with van der Waals surface area (Å²) in [5.74, 6) is -7.19. The number of ether oxygens (including phenoxy) is 5. The van der Waals surface area contributed by atoms with Crippen molar-refractivity contribution < 1.29 is 78.8 Å². The van der Waals surface area contributed by atoms with Crippen molar-refractivity contribution in [2.45, 2.75) is 89.5 Å². The summed E-state index contributed by atoms with van der Waals surface area (Å²) in [6.45, 7) is 1.94. The van der Waals surface area contributed by atoms with Gasteiger partial charge in [0.05, 0.1) is 19.8 Å². The first kappa shape index (κ1) is 44.2. The number of halogens is 6. The molecule has 0 unspecified atom stereocenters. The highest BCUT2D eigenvalue weighted by molar-refractivity contribution is 6.05. The Bertz CT molecular complexity index is 2210. The number of hydrogen-bond acceptors (Lipinski definition) is 11. The first-order valence-electron chi connectivity index (χ1n) is 19.0. The molecule has 1 aliphatic carbocycles. The average Bonchev–Trinajstić information content (AvgIpc) is 3.56. The Balaban J connectivity index is 1.31. The number of alkyl halides is 6. The predicted octanol–water partition coefficient (Wildman–Crippen LogP) is 4.23. The quantitative estimate of drug-likeness (QED) is 0.0811. The molecule has 0 aromatic heterocycles. The van der Waals surface area contributed by atoms with Crippen molar-refractivity contribution in [1.82, 2.24) is 15.1 Å². The van der Waals surface area contributed by atoms with E-state index in [1.165, 1.54) is 18.7 Å². The molecule has 3 aliphatic rings. The second kappa shape index (κ2) is 17.3. The van der Waals surface area contributed by atoms with Crippen LogP contribution in [-0.2, 0) is 67.2 Å². The van der Waals surface area contributed by atoms with Crippen LogP contribution in [0, 0.1) is 0 Å². The number of likely N-dealkylation sites (N-methyl/N-ethyl adjacent to an activating group) is 1. The van der Waals surface area contributed by atoms with Gasteiger partial charge >= 0.3 is 36.1 Å². The number of amides is 3. The van der Waals surface area contributed by atoms with Gasteiger partial charge in [0.1, 0.15) is 5.75 Å². The minimum absolute atomic E-state index is 0.0386. The number of Topliss-reactive ketones (excluding diaryl/α,β-unsaturated/α-hetero) is 1. The van der Waals surface area contributed by atoms with Crippen LogP contribution in [0.5, 0.6) is 5.75 Å². The van der Waals surface area contributed by atoms with E-state index in [-0.39, 0.29) is 38.2 Å². The molecule has 2 fully saturated rings. The predicted molar refractivity (Wildman–Crippen MR) is 196 cm³/mol. The molecule has 4 atom stereocenters. The summed E-state index contributed by atoms with van der Waals surface area (Å²) in [6.07, 6.45) is -14.9. The van der Waals surface area contributed by atoms with Crippen LogP contribution in [0.3, 0.4) is 0 Å². The van der Waals surface area contributed by atoms with Gasteiger partial charge in [0.25, 0.3) is 5.91 Å².